The van der Waals surface area contributed by atoms with Gasteiger partial charge in [0, 0.05) is 7.11 Å². The number of allylic oxidation sites excluding steroid dienone is 1. The number of hydrogen-bond donors (Lipinski definition) is 1. The zero-order valence-electron chi connectivity index (χ0n) is 22.2. The highest BCUT2D eigenvalue weighted by Gasteiger charge is 2.46. The number of methoxy groups -OCH3 is 1. The minimum absolute atomic E-state index is 0.00395. The van der Waals surface area contributed by atoms with Crippen molar-refractivity contribution < 1.29 is 43.2 Å². The average molecular weight is 552 g/mol. The Hall–Kier alpha value is -3.83. The number of carbonyl (C=O) groups is 3. The van der Waals surface area contributed by atoms with Crippen molar-refractivity contribution in [3.05, 3.63) is 95.8 Å². The van der Waals surface area contributed by atoms with Crippen LogP contribution in [-0.4, -0.2) is 79.6 Å². The van der Waals surface area contributed by atoms with E-state index in [1.165, 1.54) is 19.3 Å². The van der Waals surface area contributed by atoms with Gasteiger partial charge >= 0.3 is 6.09 Å². The number of imide groups is 1. The van der Waals surface area contributed by atoms with Crippen molar-refractivity contribution in [1.29, 1.82) is 0 Å². The van der Waals surface area contributed by atoms with Gasteiger partial charge < -0.3 is 28.8 Å². The summed E-state index contributed by atoms with van der Waals surface area (Å²) in [5, 5.41) is 9.57. The van der Waals surface area contributed by atoms with Crippen molar-refractivity contribution in [2.45, 2.75) is 37.4 Å². The van der Waals surface area contributed by atoms with Crippen LogP contribution in [0.15, 0.2) is 84.7 Å². The molecule has 1 N–H and O–H groups in total. The number of rotatable bonds is 13. The lowest BCUT2D eigenvalue weighted by Crippen LogP contribution is -2.51. The largest absolute Gasteiger partial charge is 0.479 e. The highest BCUT2D eigenvalue weighted by atomic mass is 16.6. The van der Waals surface area contributed by atoms with Crippen LogP contribution in [0.4, 0.5) is 4.79 Å². The van der Waals surface area contributed by atoms with E-state index < -0.39 is 42.1 Å². The third-order valence-corrected chi connectivity index (χ3v) is 6.47. The topological polar surface area (TPSA) is 121 Å². The van der Waals surface area contributed by atoms with Gasteiger partial charge in [-0.3, -0.25) is 9.59 Å². The van der Waals surface area contributed by atoms with E-state index in [4.69, 9.17) is 23.7 Å². The van der Waals surface area contributed by atoms with Crippen LogP contribution in [0.5, 0.6) is 0 Å². The van der Waals surface area contributed by atoms with Gasteiger partial charge in [0.25, 0.3) is 5.91 Å². The Morgan fingerprint density at radius 3 is 2.52 bits per heavy atom. The lowest BCUT2D eigenvalue weighted by atomic mass is 10.0. The van der Waals surface area contributed by atoms with Crippen LogP contribution >= 0.6 is 0 Å². The van der Waals surface area contributed by atoms with Gasteiger partial charge in [-0.25, -0.2) is 9.69 Å². The SMILES string of the molecule is CO[C@@H](C(=O)N1C(=O)OC[C@H]1c1ccccc1)[C@H]1OC(=CCCOC[C@@H](CO)OCc2ccccc2)C=CC1=O. The number of amides is 2. The van der Waals surface area contributed by atoms with E-state index >= 15 is 0 Å². The molecule has 4 rings (SSSR count). The van der Waals surface area contributed by atoms with Gasteiger partial charge in [0.15, 0.2) is 18.0 Å². The van der Waals surface area contributed by atoms with Gasteiger partial charge in [0.2, 0.25) is 0 Å². The van der Waals surface area contributed by atoms with Crippen molar-refractivity contribution in [1.82, 2.24) is 4.90 Å². The van der Waals surface area contributed by atoms with Crippen LogP contribution in [-0.2, 0) is 39.9 Å². The maximum atomic E-state index is 13.4. The number of carbonyl (C=O) groups excluding carboxylic acids is 3. The number of aliphatic hydroxyl groups is 1. The van der Waals surface area contributed by atoms with Crippen LogP contribution in [0.1, 0.15) is 23.6 Å². The van der Waals surface area contributed by atoms with Gasteiger partial charge in [0.05, 0.1) is 26.4 Å². The molecule has 2 aromatic carbocycles. The molecular formula is C30H33NO9. The number of cyclic esters (lactones) is 1. The van der Waals surface area contributed by atoms with E-state index in [1.54, 1.807) is 30.3 Å². The molecule has 1 saturated heterocycles. The number of benzene rings is 2. The molecular weight excluding hydrogens is 518 g/mol. The molecule has 0 aliphatic carbocycles. The second kappa shape index (κ2) is 14.5. The first kappa shape index (κ1) is 29.2. The van der Waals surface area contributed by atoms with Gasteiger partial charge in [-0.1, -0.05) is 60.7 Å². The monoisotopic (exact) mass is 551 g/mol. The number of nitrogens with zero attached hydrogens (tertiary/aromatic N) is 1. The number of ketones is 1. The molecule has 2 aliphatic heterocycles. The molecule has 4 atom stereocenters. The fourth-order valence-electron chi connectivity index (χ4n) is 4.35. The Morgan fingerprint density at radius 2 is 1.82 bits per heavy atom. The van der Waals surface area contributed by atoms with Gasteiger partial charge in [-0.05, 0) is 35.8 Å². The molecule has 0 spiro atoms. The molecule has 10 nitrogen and oxygen atoms in total. The third kappa shape index (κ3) is 7.42. The molecule has 2 aliphatic rings. The van der Waals surface area contributed by atoms with E-state index in [1.807, 2.05) is 36.4 Å². The summed E-state index contributed by atoms with van der Waals surface area (Å²) in [6, 6.07) is 18.0. The van der Waals surface area contributed by atoms with Crippen LogP contribution in [0, 0.1) is 0 Å². The summed E-state index contributed by atoms with van der Waals surface area (Å²) in [7, 11) is 1.28. The highest BCUT2D eigenvalue weighted by molar-refractivity contribution is 6.03. The molecule has 10 heteroatoms. The number of hydrogen-bond acceptors (Lipinski definition) is 9. The molecule has 0 bridgehead atoms. The van der Waals surface area contributed by atoms with Gasteiger partial charge in [0.1, 0.15) is 24.5 Å². The molecule has 212 valence electrons. The van der Waals surface area contributed by atoms with Gasteiger partial charge in [-0.2, -0.15) is 0 Å². The van der Waals surface area contributed by atoms with E-state index in [9.17, 15) is 19.5 Å². The molecule has 0 radical (unpaired) electrons. The van der Waals surface area contributed by atoms with E-state index in [0.717, 1.165) is 16.0 Å². The summed E-state index contributed by atoms with van der Waals surface area (Å²) >= 11 is 0. The van der Waals surface area contributed by atoms with Crippen molar-refractivity contribution in [3.63, 3.8) is 0 Å². The lowest BCUT2D eigenvalue weighted by molar-refractivity contribution is -0.153. The fourth-order valence-corrected chi connectivity index (χ4v) is 4.35. The Balaban J connectivity index is 1.30. The molecule has 40 heavy (non-hydrogen) atoms. The summed E-state index contributed by atoms with van der Waals surface area (Å²) in [6.07, 6.45) is 1.08. The second-order valence-corrected chi connectivity index (χ2v) is 9.21. The minimum Gasteiger partial charge on any atom is -0.479 e. The molecule has 0 aromatic heterocycles. The Kier molecular flexibility index (Phi) is 10.6. The zero-order valence-corrected chi connectivity index (χ0v) is 22.2. The van der Waals surface area contributed by atoms with E-state index in [-0.39, 0.29) is 19.8 Å². The zero-order chi connectivity index (χ0) is 28.3. The fraction of sp³-hybridized carbons (Fsp3) is 0.367. The summed E-state index contributed by atoms with van der Waals surface area (Å²) in [5.41, 5.74) is 1.72. The van der Waals surface area contributed by atoms with E-state index in [0.29, 0.717) is 25.4 Å². The van der Waals surface area contributed by atoms with Crippen molar-refractivity contribution >= 4 is 17.8 Å². The molecule has 2 aromatic rings. The maximum Gasteiger partial charge on any atom is 0.417 e. The maximum absolute atomic E-state index is 13.4. The van der Waals surface area contributed by atoms with E-state index in [2.05, 4.69) is 0 Å². The normalized spacial score (nSPS) is 21.2. The Labute approximate surface area is 232 Å². The lowest BCUT2D eigenvalue weighted by Gasteiger charge is -2.30. The summed E-state index contributed by atoms with van der Waals surface area (Å²) in [5.74, 6) is -0.815. The minimum atomic E-state index is -1.36. The highest BCUT2D eigenvalue weighted by Crippen LogP contribution is 2.30. The molecule has 2 amide bonds. The van der Waals surface area contributed by atoms with Crippen LogP contribution < -0.4 is 0 Å². The first-order chi connectivity index (χ1) is 19.5. The van der Waals surface area contributed by atoms with Crippen molar-refractivity contribution in [2.75, 3.05) is 33.5 Å². The summed E-state index contributed by atoms with van der Waals surface area (Å²) < 4.78 is 27.7. The summed E-state index contributed by atoms with van der Waals surface area (Å²) in [4.78, 5) is 39.6. The molecule has 1 fully saturated rings. The van der Waals surface area contributed by atoms with Gasteiger partial charge in [-0.15, -0.1) is 0 Å². The number of ether oxygens (including phenoxy) is 5. The summed E-state index contributed by atoms with van der Waals surface area (Å²) in [6.45, 7) is 0.721. The quantitative estimate of drug-likeness (QED) is 0.374. The van der Waals surface area contributed by atoms with Crippen molar-refractivity contribution in [2.24, 2.45) is 0 Å². The van der Waals surface area contributed by atoms with Crippen LogP contribution in [0.3, 0.4) is 0 Å². The first-order valence-corrected chi connectivity index (χ1v) is 13.0. The molecule has 0 unspecified atom stereocenters. The molecule has 2 heterocycles. The van der Waals surface area contributed by atoms with Crippen LogP contribution in [0.2, 0.25) is 0 Å². The second-order valence-electron chi connectivity index (χ2n) is 9.21. The van der Waals surface area contributed by atoms with Crippen molar-refractivity contribution in [3.8, 4) is 0 Å². The Morgan fingerprint density at radius 1 is 1.10 bits per heavy atom. The predicted octanol–water partition coefficient (Wildman–Crippen LogP) is 3.11. The molecule has 0 saturated carbocycles. The third-order valence-electron chi connectivity index (χ3n) is 6.47. The Bertz CT molecular complexity index is 1200. The number of aliphatic hydroxyl groups excluding tert-OH is 1. The average Bonchev–Trinajstić information content (AvgIpc) is 3.38. The predicted molar refractivity (Wildman–Crippen MR) is 143 cm³/mol. The smallest absolute Gasteiger partial charge is 0.417 e. The standard InChI is InChI=1S/C30H33NO9/c1-36-28(29(34)31-25(20-39-30(31)35)22-11-6-3-7-12-22)27-26(33)15-14-23(40-27)13-8-16-37-19-24(17-32)38-18-21-9-4-2-5-10-21/h2-7,9-15,24-25,27-28,32H,8,16-20H2,1H3/t24-,25+,27+,28-/m1/s1. The first-order valence-electron chi connectivity index (χ1n) is 13.0. The van der Waals surface area contributed by atoms with Crippen LogP contribution in [0.25, 0.3) is 0 Å².